The van der Waals surface area contributed by atoms with E-state index in [1.165, 1.54) is 6.92 Å². The number of fused-ring (bicyclic) bond motifs is 3. The first-order valence-corrected chi connectivity index (χ1v) is 10.0. The summed E-state index contributed by atoms with van der Waals surface area (Å²) in [4.78, 5) is 35.4. The SMILES string of the molecule is CC(NC(=O)c1conc1CNC(=O)OCC1c2ccccc2-c2ccccc21)C(=O)O. The number of nitrogens with zero attached hydrogens (tertiary/aromatic N) is 1. The van der Waals surface area contributed by atoms with E-state index < -0.39 is 24.0 Å². The number of alkyl carbamates (subject to hydrolysis) is 1. The number of carbonyl (C=O) groups excluding carboxylic acids is 2. The summed E-state index contributed by atoms with van der Waals surface area (Å²) < 4.78 is 10.3. The van der Waals surface area contributed by atoms with Crippen LogP contribution in [0.15, 0.2) is 59.3 Å². The molecule has 1 aromatic heterocycles. The Kier molecular flexibility index (Phi) is 5.89. The number of ether oxygens (including phenoxy) is 1. The lowest BCUT2D eigenvalue weighted by Gasteiger charge is -2.14. The molecule has 2 amide bonds. The zero-order valence-electron chi connectivity index (χ0n) is 17.2. The van der Waals surface area contributed by atoms with Crippen LogP contribution < -0.4 is 10.6 Å². The Bertz CT molecular complexity index is 1130. The number of carbonyl (C=O) groups is 3. The van der Waals surface area contributed by atoms with E-state index in [1.54, 1.807) is 0 Å². The third-order valence-electron chi connectivity index (χ3n) is 5.35. The Balaban J connectivity index is 1.36. The van der Waals surface area contributed by atoms with Gasteiger partial charge in [-0.2, -0.15) is 0 Å². The molecule has 0 bridgehead atoms. The van der Waals surface area contributed by atoms with Crippen molar-refractivity contribution in [3.8, 4) is 11.1 Å². The second-order valence-electron chi connectivity index (χ2n) is 7.39. The van der Waals surface area contributed by atoms with E-state index in [1.807, 2.05) is 36.4 Å². The fourth-order valence-corrected chi connectivity index (χ4v) is 3.71. The van der Waals surface area contributed by atoms with Crippen LogP contribution in [0.4, 0.5) is 4.79 Å². The van der Waals surface area contributed by atoms with Gasteiger partial charge in [-0.15, -0.1) is 0 Å². The highest BCUT2D eigenvalue weighted by Gasteiger charge is 2.29. The number of aromatic nitrogens is 1. The fourth-order valence-electron chi connectivity index (χ4n) is 3.71. The largest absolute Gasteiger partial charge is 0.480 e. The van der Waals surface area contributed by atoms with Crippen molar-refractivity contribution >= 4 is 18.0 Å². The molecule has 3 aromatic rings. The molecule has 9 nitrogen and oxygen atoms in total. The zero-order valence-corrected chi connectivity index (χ0v) is 17.2. The summed E-state index contributed by atoms with van der Waals surface area (Å²) in [5.41, 5.74) is 4.66. The van der Waals surface area contributed by atoms with Gasteiger partial charge < -0.3 is 25.0 Å². The van der Waals surface area contributed by atoms with E-state index in [4.69, 9.17) is 14.4 Å². The average Bonchev–Trinajstić information content (AvgIpc) is 3.39. The van der Waals surface area contributed by atoms with Gasteiger partial charge in [0.15, 0.2) is 0 Å². The van der Waals surface area contributed by atoms with Crippen LogP contribution in [-0.2, 0) is 16.1 Å². The van der Waals surface area contributed by atoms with Gasteiger partial charge in [-0.05, 0) is 29.2 Å². The minimum atomic E-state index is -1.17. The Morgan fingerprint density at radius 1 is 1.09 bits per heavy atom. The second-order valence-corrected chi connectivity index (χ2v) is 7.39. The molecule has 1 atom stereocenters. The first-order chi connectivity index (χ1) is 15.5. The summed E-state index contributed by atoms with van der Waals surface area (Å²) in [7, 11) is 0. The highest BCUT2D eigenvalue weighted by molar-refractivity contribution is 5.97. The van der Waals surface area contributed by atoms with E-state index in [-0.39, 0.29) is 30.3 Å². The monoisotopic (exact) mass is 435 g/mol. The maximum Gasteiger partial charge on any atom is 0.407 e. The molecule has 0 spiro atoms. The van der Waals surface area contributed by atoms with Crippen LogP contribution in [-0.4, -0.2) is 40.9 Å². The number of aliphatic carboxylic acids is 1. The summed E-state index contributed by atoms with van der Waals surface area (Å²) >= 11 is 0. The van der Waals surface area contributed by atoms with Gasteiger partial charge in [-0.25, -0.2) is 4.79 Å². The summed E-state index contributed by atoms with van der Waals surface area (Å²) in [6.45, 7) is 1.38. The Morgan fingerprint density at radius 3 is 2.34 bits per heavy atom. The number of carboxylic acids is 1. The standard InChI is InChI=1S/C23H21N3O6/c1-13(22(28)29)25-21(27)19-12-32-26-20(19)10-24-23(30)31-11-18-16-8-4-2-6-14(16)15-7-3-5-9-17(15)18/h2-9,12-13,18H,10-11H2,1H3,(H,24,30)(H,25,27)(H,28,29). The van der Waals surface area contributed by atoms with Crippen LogP contribution in [0, 0.1) is 0 Å². The minimum Gasteiger partial charge on any atom is -0.480 e. The molecule has 1 aliphatic rings. The summed E-state index contributed by atoms with van der Waals surface area (Å²) in [5.74, 6) is -1.90. The molecule has 1 unspecified atom stereocenters. The third kappa shape index (κ3) is 4.18. The maximum absolute atomic E-state index is 12.3. The van der Waals surface area contributed by atoms with E-state index in [0.29, 0.717) is 0 Å². The van der Waals surface area contributed by atoms with E-state index in [9.17, 15) is 14.4 Å². The normalized spacial score (nSPS) is 13.0. The van der Waals surface area contributed by atoms with Crippen molar-refractivity contribution in [1.82, 2.24) is 15.8 Å². The van der Waals surface area contributed by atoms with Crippen LogP contribution in [0.2, 0.25) is 0 Å². The van der Waals surface area contributed by atoms with Crippen molar-refractivity contribution in [1.29, 1.82) is 0 Å². The number of carboxylic acid groups (broad SMARTS) is 1. The lowest BCUT2D eigenvalue weighted by atomic mass is 9.98. The van der Waals surface area contributed by atoms with Gasteiger partial charge in [0.25, 0.3) is 5.91 Å². The molecule has 0 saturated heterocycles. The van der Waals surface area contributed by atoms with Crippen molar-refractivity contribution in [3.63, 3.8) is 0 Å². The summed E-state index contributed by atoms with van der Waals surface area (Å²) in [6.07, 6.45) is 0.429. The van der Waals surface area contributed by atoms with Gasteiger partial charge in [-0.3, -0.25) is 9.59 Å². The molecule has 2 aromatic carbocycles. The molecule has 3 N–H and O–H groups in total. The predicted molar refractivity (Wildman–Crippen MR) is 113 cm³/mol. The van der Waals surface area contributed by atoms with Crippen LogP contribution in [0.5, 0.6) is 0 Å². The summed E-state index contributed by atoms with van der Waals surface area (Å²) in [6, 6.07) is 15.0. The molecule has 0 saturated carbocycles. The van der Waals surface area contributed by atoms with Gasteiger partial charge in [0.05, 0.1) is 6.54 Å². The molecule has 32 heavy (non-hydrogen) atoms. The van der Waals surface area contributed by atoms with Gasteiger partial charge in [0.1, 0.15) is 30.2 Å². The fraction of sp³-hybridized carbons (Fsp3) is 0.217. The van der Waals surface area contributed by atoms with E-state index in [0.717, 1.165) is 28.5 Å². The molecule has 9 heteroatoms. The number of rotatable bonds is 7. The molecule has 1 heterocycles. The number of benzene rings is 2. The lowest BCUT2D eigenvalue weighted by Crippen LogP contribution is -2.38. The van der Waals surface area contributed by atoms with Crippen molar-refractivity contribution in [2.75, 3.05) is 6.61 Å². The highest BCUT2D eigenvalue weighted by atomic mass is 16.5. The van der Waals surface area contributed by atoms with Gasteiger partial charge >= 0.3 is 12.1 Å². The molecule has 0 aliphatic heterocycles. The Morgan fingerprint density at radius 2 is 1.72 bits per heavy atom. The number of hydrogen-bond acceptors (Lipinski definition) is 6. The predicted octanol–water partition coefficient (Wildman–Crippen LogP) is 2.92. The van der Waals surface area contributed by atoms with Crippen molar-refractivity contribution in [2.45, 2.75) is 25.4 Å². The molecule has 0 radical (unpaired) electrons. The zero-order chi connectivity index (χ0) is 22.7. The molecule has 0 fully saturated rings. The van der Waals surface area contributed by atoms with Crippen molar-refractivity contribution < 1.29 is 28.8 Å². The van der Waals surface area contributed by atoms with Gasteiger partial charge in [0, 0.05) is 5.92 Å². The Hall–Kier alpha value is -4.14. The van der Waals surface area contributed by atoms with Crippen LogP contribution in [0.25, 0.3) is 11.1 Å². The van der Waals surface area contributed by atoms with Crippen LogP contribution in [0.3, 0.4) is 0 Å². The molecule has 164 valence electrons. The molecule has 1 aliphatic carbocycles. The topological polar surface area (TPSA) is 131 Å². The highest BCUT2D eigenvalue weighted by Crippen LogP contribution is 2.44. The second kappa shape index (κ2) is 8.93. The van der Waals surface area contributed by atoms with Gasteiger partial charge in [-0.1, -0.05) is 53.7 Å². The van der Waals surface area contributed by atoms with Crippen LogP contribution in [0.1, 0.15) is 40.0 Å². The van der Waals surface area contributed by atoms with E-state index >= 15 is 0 Å². The van der Waals surface area contributed by atoms with Crippen molar-refractivity contribution in [3.05, 3.63) is 77.2 Å². The molecular weight excluding hydrogens is 414 g/mol. The molecule has 4 rings (SSSR count). The first-order valence-electron chi connectivity index (χ1n) is 10.0. The smallest absolute Gasteiger partial charge is 0.407 e. The Labute approximate surface area is 183 Å². The molecular formula is C23H21N3O6. The summed E-state index contributed by atoms with van der Waals surface area (Å²) in [5, 5.41) is 17.5. The average molecular weight is 435 g/mol. The number of hydrogen-bond donors (Lipinski definition) is 3. The minimum absolute atomic E-state index is 0.0389. The first kappa shape index (κ1) is 21.1. The third-order valence-corrected chi connectivity index (χ3v) is 5.35. The quantitative estimate of drug-likeness (QED) is 0.520. The van der Waals surface area contributed by atoms with Gasteiger partial charge in [0.2, 0.25) is 0 Å². The maximum atomic E-state index is 12.3. The van der Waals surface area contributed by atoms with Crippen LogP contribution >= 0.6 is 0 Å². The lowest BCUT2D eigenvalue weighted by molar-refractivity contribution is -0.138. The number of nitrogens with one attached hydrogen (secondary N) is 2. The van der Waals surface area contributed by atoms with Crippen molar-refractivity contribution in [2.24, 2.45) is 0 Å². The van der Waals surface area contributed by atoms with E-state index in [2.05, 4.69) is 27.9 Å². The number of amides is 2.